The number of hydrogen-bond donors (Lipinski definition) is 0. The molecule has 6 nitrogen and oxygen atoms in total. The second-order valence-electron chi connectivity index (χ2n) is 7.95. The van der Waals surface area contributed by atoms with Crippen molar-refractivity contribution in [2.75, 3.05) is 36.0 Å². The fourth-order valence-corrected chi connectivity index (χ4v) is 4.50. The average Bonchev–Trinajstić information content (AvgIpc) is 3.15. The number of piperazine rings is 1. The summed E-state index contributed by atoms with van der Waals surface area (Å²) in [4.78, 5) is 28.4. The van der Waals surface area contributed by atoms with E-state index < -0.39 is 0 Å². The molecule has 0 radical (unpaired) electrons. The van der Waals surface area contributed by atoms with Gasteiger partial charge in [0.15, 0.2) is 0 Å². The van der Waals surface area contributed by atoms with Crippen molar-refractivity contribution in [3.8, 4) is 0 Å². The number of carbonyl (C=O) groups is 1. The first-order valence-electron chi connectivity index (χ1n) is 10.5. The number of nitrogens with zero attached hydrogens (tertiary/aromatic N) is 5. The van der Waals surface area contributed by atoms with E-state index in [9.17, 15) is 4.79 Å². The lowest BCUT2D eigenvalue weighted by Gasteiger charge is -2.35. The molecule has 1 unspecified atom stereocenters. The molecule has 1 aromatic carbocycles. The SMILES string of the molecule is CC1Cc2ccccc2N1c1cncc(C(=O)N2CCN(c3ccccn3)CC2)c1. The normalized spacial score (nSPS) is 18.4. The number of fused-ring (bicyclic) bond motifs is 1. The Morgan fingerprint density at radius 2 is 1.80 bits per heavy atom. The summed E-state index contributed by atoms with van der Waals surface area (Å²) in [7, 11) is 0. The topological polar surface area (TPSA) is 52.6 Å². The van der Waals surface area contributed by atoms with Crippen molar-refractivity contribution < 1.29 is 4.79 Å². The van der Waals surface area contributed by atoms with Gasteiger partial charge in [-0.1, -0.05) is 24.3 Å². The van der Waals surface area contributed by atoms with Gasteiger partial charge in [0.05, 0.1) is 17.4 Å². The zero-order valence-electron chi connectivity index (χ0n) is 17.1. The monoisotopic (exact) mass is 399 g/mol. The first-order valence-corrected chi connectivity index (χ1v) is 10.5. The second-order valence-corrected chi connectivity index (χ2v) is 7.95. The molecule has 0 bridgehead atoms. The summed E-state index contributed by atoms with van der Waals surface area (Å²) in [5.74, 6) is 1.01. The number of rotatable bonds is 3. The molecule has 6 heteroatoms. The molecule has 0 N–H and O–H groups in total. The maximum atomic E-state index is 13.2. The third-order valence-electron chi connectivity index (χ3n) is 6.00. The number of carbonyl (C=O) groups excluding carboxylic acids is 1. The van der Waals surface area contributed by atoms with Gasteiger partial charge in [0.2, 0.25) is 0 Å². The Labute approximate surface area is 176 Å². The smallest absolute Gasteiger partial charge is 0.255 e. The van der Waals surface area contributed by atoms with Gasteiger partial charge < -0.3 is 14.7 Å². The summed E-state index contributed by atoms with van der Waals surface area (Å²) in [6.07, 6.45) is 6.35. The zero-order valence-corrected chi connectivity index (χ0v) is 17.1. The van der Waals surface area contributed by atoms with E-state index in [1.54, 1.807) is 6.20 Å². The molecule has 5 rings (SSSR count). The summed E-state index contributed by atoms with van der Waals surface area (Å²) in [5, 5.41) is 0. The van der Waals surface area contributed by atoms with Crippen LogP contribution in [-0.2, 0) is 6.42 Å². The van der Waals surface area contributed by atoms with Crippen LogP contribution in [0.3, 0.4) is 0 Å². The predicted octanol–water partition coefficient (Wildman–Crippen LogP) is 3.52. The number of aromatic nitrogens is 2. The number of amides is 1. The minimum Gasteiger partial charge on any atom is -0.353 e. The summed E-state index contributed by atoms with van der Waals surface area (Å²) in [6.45, 7) is 5.15. The maximum Gasteiger partial charge on any atom is 0.255 e. The van der Waals surface area contributed by atoms with Crippen LogP contribution in [0.2, 0.25) is 0 Å². The van der Waals surface area contributed by atoms with Crippen LogP contribution in [0.1, 0.15) is 22.8 Å². The number of anilines is 3. The molecule has 0 saturated carbocycles. The van der Waals surface area contributed by atoms with E-state index in [1.807, 2.05) is 41.6 Å². The van der Waals surface area contributed by atoms with Gasteiger partial charge >= 0.3 is 0 Å². The Kier molecular flexibility index (Phi) is 4.83. The fraction of sp³-hybridized carbons (Fsp3) is 0.292. The third kappa shape index (κ3) is 3.38. The molecule has 0 aliphatic carbocycles. The van der Waals surface area contributed by atoms with Crippen LogP contribution < -0.4 is 9.80 Å². The molecule has 2 aliphatic rings. The summed E-state index contributed by atoms with van der Waals surface area (Å²) in [5.41, 5.74) is 4.17. The van der Waals surface area contributed by atoms with Crippen molar-refractivity contribution in [1.29, 1.82) is 0 Å². The van der Waals surface area contributed by atoms with Crippen LogP contribution in [0.25, 0.3) is 0 Å². The number of hydrogen-bond acceptors (Lipinski definition) is 5. The molecule has 1 fully saturated rings. The number of pyridine rings is 2. The van der Waals surface area contributed by atoms with Crippen LogP contribution in [0.5, 0.6) is 0 Å². The average molecular weight is 399 g/mol. The summed E-state index contributed by atoms with van der Waals surface area (Å²) in [6, 6.07) is 16.7. The van der Waals surface area contributed by atoms with Gasteiger partial charge in [-0.2, -0.15) is 0 Å². The molecule has 0 spiro atoms. The molecule has 152 valence electrons. The van der Waals surface area contributed by atoms with Crippen molar-refractivity contribution >= 4 is 23.1 Å². The Morgan fingerprint density at radius 3 is 2.60 bits per heavy atom. The van der Waals surface area contributed by atoms with Gasteiger partial charge in [0, 0.05) is 50.3 Å². The van der Waals surface area contributed by atoms with Crippen molar-refractivity contribution in [1.82, 2.24) is 14.9 Å². The van der Waals surface area contributed by atoms with Gasteiger partial charge in [0.25, 0.3) is 5.91 Å². The summed E-state index contributed by atoms with van der Waals surface area (Å²) < 4.78 is 0. The van der Waals surface area contributed by atoms with Gasteiger partial charge in [-0.05, 0) is 43.2 Å². The van der Waals surface area contributed by atoms with Crippen molar-refractivity contribution in [2.24, 2.45) is 0 Å². The predicted molar refractivity (Wildman–Crippen MR) is 118 cm³/mol. The highest BCUT2D eigenvalue weighted by Crippen LogP contribution is 2.38. The first kappa shape index (κ1) is 18.6. The highest BCUT2D eigenvalue weighted by molar-refractivity contribution is 5.95. The van der Waals surface area contributed by atoms with Crippen LogP contribution in [0, 0.1) is 0 Å². The van der Waals surface area contributed by atoms with E-state index >= 15 is 0 Å². The van der Waals surface area contributed by atoms with Crippen molar-refractivity contribution in [3.05, 3.63) is 78.2 Å². The largest absolute Gasteiger partial charge is 0.353 e. The lowest BCUT2D eigenvalue weighted by molar-refractivity contribution is 0.0746. The minimum absolute atomic E-state index is 0.0464. The van der Waals surface area contributed by atoms with E-state index in [0.29, 0.717) is 24.7 Å². The molecule has 2 aliphatic heterocycles. The molecule has 1 amide bonds. The van der Waals surface area contributed by atoms with Crippen LogP contribution in [0.4, 0.5) is 17.2 Å². The van der Waals surface area contributed by atoms with Crippen molar-refractivity contribution in [3.63, 3.8) is 0 Å². The Bertz CT molecular complexity index is 1050. The van der Waals surface area contributed by atoms with Gasteiger partial charge in [0.1, 0.15) is 5.82 Å². The number of benzene rings is 1. The lowest BCUT2D eigenvalue weighted by atomic mass is 10.1. The molecule has 30 heavy (non-hydrogen) atoms. The maximum absolute atomic E-state index is 13.2. The lowest BCUT2D eigenvalue weighted by Crippen LogP contribution is -2.49. The fourth-order valence-electron chi connectivity index (χ4n) is 4.50. The Balaban J connectivity index is 1.32. The van der Waals surface area contributed by atoms with E-state index in [2.05, 4.69) is 51.0 Å². The minimum atomic E-state index is 0.0464. The van der Waals surface area contributed by atoms with E-state index in [0.717, 1.165) is 31.0 Å². The van der Waals surface area contributed by atoms with E-state index in [-0.39, 0.29) is 5.91 Å². The van der Waals surface area contributed by atoms with Gasteiger partial charge in [-0.3, -0.25) is 9.78 Å². The van der Waals surface area contributed by atoms with E-state index in [4.69, 9.17) is 0 Å². The summed E-state index contributed by atoms with van der Waals surface area (Å²) >= 11 is 0. The molecule has 2 aromatic heterocycles. The standard InChI is InChI=1S/C24H25N5O/c1-18-14-19-6-2-3-7-22(19)29(18)21-15-20(16-25-17-21)24(30)28-12-10-27(11-13-28)23-8-4-5-9-26-23/h2-9,15-18H,10-14H2,1H3. The molecular weight excluding hydrogens is 374 g/mol. The Morgan fingerprint density at radius 1 is 1.00 bits per heavy atom. The second kappa shape index (κ2) is 7.78. The number of para-hydroxylation sites is 1. The van der Waals surface area contributed by atoms with Crippen LogP contribution >= 0.6 is 0 Å². The van der Waals surface area contributed by atoms with Gasteiger partial charge in [-0.25, -0.2) is 4.98 Å². The van der Waals surface area contributed by atoms with E-state index in [1.165, 1.54) is 11.3 Å². The molecule has 1 saturated heterocycles. The van der Waals surface area contributed by atoms with Crippen LogP contribution in [-0.4, -0.2) is 53.0 Å². The van der Waals surface area contributed by atoms with Crippen molar-refractivity contribution in [2.45, 2.75) is 19.4 Å². The quantitative estimate of drug-likeness (QED) is 0.675. The zero-order chi connectivity index (χ0) is 20.5. The Hall–Kier alpha value is -3.41. The third-order valence-corrected chi connectivity index (χ3v) is 6.00. The molecule has 1 atom stereocenters. The first-order chi connectivity index (χ1) is 14.7. The molecule has 4 heterocycles. The van der Waals surface area contributed by atoms with Gasteiger partial charge in [-0.15, -0.1) is 0 Å². The molecule has 3 aromatic rings. The highest BCUT2D eigenvalue weighted by atomic mass is 16.2. The highest BCUT2D eigenvalue weighted by Gasteiger charge is 2.28. The van der Waals surface area contributed by atoms with Crippen LogP contribution in [0.15, 0.2) is 67.1 Å². The molecular formula is C24H25N5O.